The molecule has 0 aliphatic carbocycles. The Bertz CT molecular complexity index is 1250. The molecule has 3 N–H and O–H groups in total. The van der Waals surface area contributed by atoms with Crippen LogP contribution in [0.5, 0.6) is 0 Å². The number of aromatic amines is 1. The third kappa shape index (κ3) is 5.05. The molecule has 0 spiro atoms. The third-order valence-corrected chi connectivity index (χ3v) is 5.43. The Hall–Kier alpha value is -4.08. The molecule has 0 radical (unpaired) electrons. The highest BCUT2D eigenvalue weighted by atomic mass is 19.1. The predicted molar refractivity (Wildman–Crippen MR) is 121 cm³/mol. The van der Waals surface area contributed by atoms with Crippen LogP contribution < -0.4 is 10.6 Å². The van der Waals surface area contributed by atoms with Gasteiger partial charge in [0, 0.05) is 43.4 Å². The summed E-state index contributed by atoms with van der Waals surface area (Å²) in [6.45, 7) is 4.36. The molecule has 10 heteroatoms. The highest BCUT2D eigenvalue weighted by Crippen LogP contribution is 2.22. The summed E-state index contributed by atoms with van der Waals surface area (Å²) in [4.78, 5) is 26.4. The van der Waals surface area contributed by atoms with E-state index < -0.39 is 17.8 Å². The number of halogens is 1. The molecule has 3 aromatic heterocycles. The van der Waals surface area contributed by atoms with Gasteiger partial charge < -0.3 is 15.2 Å². The summed E-state index contributed by atoms with van der Waals surface area (Å²) in [6.07, 6.45) is 7.75. The first-order valence-electron chi connectivity index (χ1n) is 10.5. The molecular weight excluding hydrogens is 423 g/mol. The maximum absolute atomic E-state index is 13.9. The van der Waals surface area contributed by atoms with Gasteiger partial charge in [0.2, 0.25) is 5.82 Å². The zero-order chi connectivity index (χ0) is 23.4. The van der Waals surface area contributed by atoms with Gasteiger partial charge in [0.15, 0.2) is 0 Å². The smallest absolute Gasteiger partial charge is 0.290 e. The lowest BCUT2D eigenvalue weighted by Gasteiger charge is -2.19. The van der Waals surface area contributed by atoms with Crippen LogP contribution in [0.2, 0.25) is 0 Å². The molecule has 1 unspecified atom stereocenters. The second-order valence-electron chi connectivity index (χ2n) is 7.75. The number of imidazole rings is 1. The highest BCUT2D eigenvalue weighted by Gasteiger charge is 2.24. The number of hydrogen-bond acceptors (Lipinski definition) is 6. The topological polar surface area (TPSA) is 113 Å². The molecule has 0 saturated heterocycles. The van der Waals surface area contributed by atoms with E-state index in [1.54, 1.807) is 35.3 Å². The summed E-state index contributed by atoms with van der Waals surface area (Å²) in [5, 5.41) is 12.9. The highest BCUT2D eigenvalue weighted by molar-refractivity contribution is 5.91. The standard InChI is InChI=1S/C23H25FN8O/c1-14-15(2)29-21(31-20(14)25-8-7-16-12-27-28-13-16)23(33)30-19(22-26-9-10-32(22)3)17-5-4-6-18(24)11-17/h4-6,9-13,19H,7-8H2,1-3H3,(H,27,28)(H,30,33)(H,25,29,31). The van der Waals surface area contributed by atoms with E-state index in [0.29, 0.717) is 29.4 Å². The second-order valence-corrected chi connectivity index (χ2v) is 7.75. The van der Waals surface area contributed by atoms with Crippen LogP contribution >= 0.6 is 0 Å². The number of H-pyrrole nitrogens is 1. The van der Waals surface area contributed by atoms with Gasteiger partial charge in [-0.05, 0) is 43.5 Å². The Balaban J connectivity index is 1.57. The van der Waals surface area contributed by atoms with Crippen molar-refractivity contribution >= 4 is 11.7 Å². The molecule has 1 aromatic carbocycles. The Morgan fingerprint density at radius 1 is 1.27 bits per heavy atom. The van der Waals surface area contributed by atoms with Crippen LogP contribution in [0.15, 0.2) is 49.1 Å². The van der Waals surface area contributed by atoms with Gasteiger partial charge in [-0.15, -0.1) is 0 Å². The number of hydrogen-bond donors (Lipinski definition) is 3. The monoisotopic (exact) mass is 448 g/mol. The second kappa shape index (κ2) is 9.60. The van der Waals surface area contributed by atoms with Gasteiger partial charge in [0.05, 0.1) is 6.20 Å². The van der Waals surface area contributed by atoms with Crippen molar-refractivity contribution in [3.8, 4) is 0 Å². The first-order valence-corrected chi connectivity index (χ1v) is 10.5. The normalized spacial score (nSPS) is 11.9. The zero-order valence-electron chi connectivity index (χ0n) is 18.6. The Morgan fingerprint density at radius 3 is 2.82 bits per heavy atom. The molecule has 1 atom stereocenters. The molecule has 9 nitrogen and oxygen atoms in total. The molecule has 0 aliphatic rings. The average Bonchev–Trinajstić information content (AvgIpc) is 3.46. The predicted octanol–water partition coefficient (Wildman–Crippen LogP) is 2.86. The van der Waals surface area contributed by atoms with Crippen LogP contribution in [0.1, 0.15) is 44.9 Å². The number of anilines is 1. The maximum atomic E-state index is 13.9. The summed E-state index contributed by atoms with van der Waals surface area (Å²) in [6, 6.07) is 5.41. The molecule has 3 heterocycles. The SMILES string of the molecule is Cc1nc(C(=O)NC(c2cccc(F)c2)c2nccn2C)nc(NCCc2cn[nH]c2)c1C. The number of rotatable bonds is 8. The fourth-order valence-corrected chi connectivity index (χ4v) is 3.48. The molecule has 0 saturated carbocycles. The van der Waals surface area contributed by atoms with Crippen molar-refractivity contribution in [2.45, 2.75) is 26.3 Å². The Morgan fingerprint density at radius 2 is 2.12 bits per heavy atom. The van der Waals surface area contributed by atoms with Crippen molar-refractivity contribution in [1.82, 2.24) is 35.0 Å². The lowest BCUT2D eigenvalue weighted by Crippen LogP contribution is -2.32. The van der Waals surface area contributed by atoms with E-state index in [1.807, 2.05) is 27.1 Å². The lowest BCUT2D eigenvalue weighted by atomic mass is 10.1. The van der Waals surface area contributed by atoms with E-state index in [9.17, 15) is 9.18 Å². The van der Waals surface area contributed by atoms with E-state index in [2.05, 4.69) is 35.8 Å². The van der Waals surface area contributed by atoms with E-state index in [1.165, 1.54) is 12.1 Å². The minimum absolute atomic E-state index is 0.0273. The van der Waals surface area contributed by atoms with Crippen molar-refractivity contribution in [3.05, 3.63) is 88.9 Å². The molecule has 4 aromatic rings. The molecule has 33 heavy (non-hydrogen) atoms. The van der Waals surface area contributed by atoms with E-state index >= 15 is 0 Å². The number of benzene rings is 1. The summed E-state index contributed by atoms with van der Waals surface area (Å²) >= 11 is 0. The number of carbonyl (C=O) groups is 1. The fraction of sp³-hybridized carbons (Fsp3) is 0.261. The number of nitrogens with one attached hydrogen (secondary N) is 3. The Kier molecular flexibility index (Phi) is 6.43. The molecule has 0 bridgehead atoms. The van der Waals surface area contributed by atoms with Crippen LogP contribution in [0.4, 0.5) is 10.2 Å². The first kappa shape index (κ1) is 22.1. The summed E-state index contributed by atoms with van der Waals surface area (Å²) in [5.41, 5.74) is 3.20. The van der Waals surface area contributed by atoms with Gasteiger partial charge in [-0.2, -0.15) is 5.10 Å². The molecule has 1 amide bonds. The van der Waals surface area contributed by atoms with Crippen LogP contribution in [0.3, 0.4) is 0 Å². The minimum Gasteiger partial charge on any atom is -0.369 e. The van der Waals surface area contributed by atoms with Crippen molar-refractivity contribution < 1.29 is 9.18 Å². The molecule has 4 rings (SSSR count). The number of amides is 1. The quantitative estimate of drug-likeness (QED) is 0.382. The van der Waals surface area contributed by atoms with Crippen LogP contribution in [0.25, 0.3) is 0 Å². The summed E-state index contributed by atoms with van der Waals surface area (Å²) in [5.74, 6) is 0.312. The largest absolute Gasteiger partial charge is 0.369 e. The van der Waals surface area contributed by atoms with Gasteiger partial charge in [-0.1, -0.05) is 12.1 Å². The molecular formula is C23H25FN8O. The maximum Gasteiger partial charge on any atom is 0.290 e. The van der Waals surface area contributed by atoms with Crippen molar-refractivity contribution in [2.24, 2.45) is 7.05 Å². The van der Waals surface area contributed by atoms with E-state index in [4.69, 9.17) is 0 Å². The number of nitrogens with zero attached hydrogens (tertiary/aromatic N) is 5. The van der Waals surface area contributed by atoms with Crippen molar-refractivity contribution in [2.75, 3.05) is 11.9 Å². The summed E-state index contributed by atoms with van der Waals surface area (Å²) in [7, 11) is 1.81. The average molecular weight is 449 g/mol. The molecule has 0 aliphatic heterocycles. The molecule has 170 valence electrons. The minimum atomic E-state index is -0.670. The zero-order valence-corrected chi connectivity index (χ0v) is 18.6. The van der Waals surface area contributed by atoms with Gasteiger partial charge >= 0.3 is 0 Å². The Labute approximate surface area is 190 Å². The van der Waals surface area contributed by atoms with Gasteiger partial charge in [-0.25, -0.2) is 19.3 Å². The lowest BCUT2D eigenvalue weighted by molar-refractivity contribution is 0.0930. The first-order chi connectivity index (χ1) is 15.9. The van der Waals surface area contributed by atoms with Crippen LogP contribution in [0, 0.1) is 19.7 Å². The van der Waals surface area contributed by atoms with Gasteiger partial charge in [0.25, 0.3) is 5.91 Å². The van der Waals surface area contributed by atoms with Crippen LogP contribution in [-0.4, -0.2) is 42.2 Å². The third-order valence-electron chi connectivity index (χ3n) is 5.43. The molecule has 0 fully saturated rings. The summed E-state index contributed by atoms with van der Waals surface area (Å²) < 4.78 is 15.7. The van der Waals surface area contributed by atoms with Gasteiger partial charge in [-0.3, -0.25) is 9.89 Å². The number of aryl methyl sites for hydroxylation is 2. The van der Waals surface area contributed by atoms with Crippen molar-refractivity contribution in [3.63, 3.8) is 0 Å². The number of carbonyl (C=O) groups excluding carboxylic acids is 1. The van der Waals surface area contributed by atoms with E-state index in [-0.39, 0.29) is 5.82 Å². The number of aromatic nitrogens is 6. The van der Waals surface area contributed by atoms with Crippen LogP contribution in [-0.2, 0) is 13.5 Å². The van der Waals surface area contributed by atoms with E-state index in [0.717, 1.165) is 17.5 Å². The van der Waals surface area contributed by atoms with Crippen molar-refractivity contribution in [1.29, 1.82) is 0 Å². The van der Waals surface area contributed by atoms with Gasteiger partial charge in [0.1, 0.15) is 23.5 Å². The fourth-order valence-electron chi connectivity index (χ4n) is 3.48.